The molecule has 1 rings (SSSR count). The van der Waals surface area contributed by atoms with Gasteiger partial charge in [0.2, 0.25) is 5.91 Å². The molecule has 1 amide bonds. The van der Waals surface area contributed by atoms with Crippen molar-refractivity contribution in [3.63, 3.8) is 0 Å². The molecule has 6 nitrogen and oxygen atoms in total. The number of aliphatic hydroxyl groups is 1. The first-order valence-electron chi connectivity index (χ1n) is 6.03. The van der Waals surface area contributed by atoms with Crippen LogP contribution in [0.3, 0.4) is 0 Å². The molecule has 0 saturated carbocycles. The highest BCUT2D eigenvalue weighted by Crippen LogP contribution is 2.27. The van der Waals surface area contributed by atoms with Gasteiger partial charge >= 0.3 is 0 Å². The molecule has 0 aliphatic rings. The van der Waals surface area contributed by atoms with Crippen molar-refractivity contribution >= 4 is 17.3 Å². The van der Waals surface area contributed by atoms with Crippen molar-refractivity contribution in [3.8, 4) is 0 Å². The maximum atomic E-state index is 11.5. The van der Waals surface area contributed by atoms with Crippen LogP contribution in [-0.2, 0) is 11.2 Å². The Morgan fingerprint density at radius 3 is 2.32 bits per heavy atom. The number of aryl methyl sites for hydroxylation is 1. The first-order chi connectivity index (χ1) is 8.69. The lowest BCUT2D eigenvalue weighted by Gasteiger charge is -2.30. The van der Waals surface area contributed by atoms with Crippen LogP contribution in [0.4, 0.5) is 11.4 Å². The van der Waals surface area contributed by atoms with E-state index in [4.69, 9.17) is 17.2 Å². The fraction of sp³-hybridized carbons (Fsp3) is 0.462. The van der Waals surface area contributed by atoms with E-state index < -0.39 is 17.6 Å². The van der Waals surface area contributed by atoms with Crippen LogP contribution in [0.5, 0.6) is 0 Å². The Bertz CT molecular complexity index is 463. The smallest absolute Gasteiger partial charge is 0.239 e. The number of hydrogen-bond acceptors (Lipinski definition) is 5. The SMILES string of the molecule is CNC(=O)C(N)C(C)(O)Cc1c(N)cc(C)cc1N. The van der Waals surface area contributed by atoms with Gasteiger partial charge in [-0.25, -0.2) is 0 Å². The van der Waals surface area contributed by atoms with Crippen LogP contribution in [0.2, 0.25) is 0 Å². The van der Waals surface area contributed by atoms with Gasteiger partial charge in [-0.1, -0.05) is 0 Å². The Morgan fingerprint density at radius 1 is 1.42 bits per heavy atom. The molecule has 2 unspecified atom stereocenters. The molecule has 8 N–H and O–H groups in total. The third-order valence-electron chi connectivity index (χ3n) is 3.20. The minimum atomic E-state index is -1.43. The van der Waals surface area contributed by atoms with Crippen LogP contribution in [0, 0.1) is 6.92 Å². The molecule has 0 radical (unpaired) electrons. The highest BCUT2D eigenvalue weighted by molar-refractivity contribution is 5.82. The normalized spacial score (nSPS) is 15.6. The maximum Gasteiger partial charge on any atom is 0.239 e. The summed E-state index contributed by atoms with van der Waals surface area (Å²) in [7, 11) is 1.47. The van der Waals surface area contributed by atoms with Crippen molar-refractivity contribution in [3.05, 3.63) is 23.3 Å². The number of anilines is 2. The number of carbonyl (C=O) groups excluding carboxylic acids is 1. The minimum Gasteiger partial charge on any atom is -0.398 e. The molecule has 0 spiro atoms. The maximum absolute atomic E-state index is 11.5. The van der Waals surface area contributed by atoms with Crippen LogP contribution in [-0.4, -0.2) is 29.7 Å². The summed E-state index contributed by atoms with van der Waals surface area (Å²) in [6.45, 7) is 3.37. The summed E-state index contributed by atoms with van der Waals surface area (Å²) in [6.07, 6.45) is 0.111. The summed E-state index contributed by atoms with van der Waals surface area (Å²) in [5.41, 5.74) is 18.6. The fourth-order valence-corrected chi connectivity index (χ4v) is 1.98. The van der Waals surface area contributed by atoms with E-state index in [1.165, 1.54) is 14.0 Å². The lowest BCUT2D eigenvalue weighted by atomic mass is 9.87. The molecule has 0 bridgehead atoms. The van der Waals surface area contributed by atoms with Gasteiger partial charge in [-0.3, -0.25) is 4.79 Å². The lowest BCUT2D eigenvalue weighted by Crippen LogP contribution is -2.55. The van der Waals surface area contributed by atoms with Gasteiger partial charge in [-0.2, -0.15) is 0 Å². The third-order valence-corrected chi connectivity index (χ3v) is 3.20. The van der Waals surface area contributed by atoms with Gasteiger partial charge in [0.15, 0.2) is 0 Å². The number of benzene rings is 1. The minimum absolute atomic E-state index is 0.111. The molecular formula is C13H22N4O2. The highest BCUT2D eigenvalue weighted by Gasteiger charge is 2.35. The molecule has 106 valence electrons. The molecule has 0 aromatic heterocycles. The van der Waals surface area contributed by atoms with Crippen molar-refractivity contribution < 1.29 is 9.90 Å². The largest absolute Gasteiger partial charge is 0.398 e. The molecule has 19 heavy (non-hydrogen) atoms. The molecule has 1 aromatic rings. The van der Waals surface area contributed by atoms with Crippen molar-refractivity contribution in [2.75, 3.05) is 18.5 Å². The lowest BCUT2D eigenvalue weighted by molar-refractivity contribution is -0.127. The predicted molar refractivity (Wildman–Crippen MR) is 76.4 cm³/mol. The highest BCUT2D eigenvalue weighted by atomic mass is 16.3. The second-order valence-electron chi connectivity index (χ2n) is 5.05. The number of carbonyl (C=O) groups is 1. The molecule has 0 heterocycles. The van der Waals surface area contributed by atoms with Crippen molar-refractivity contribution in [1.29, 1.82) is 0 Å². The standard InChI is InChI=1S/C13H22N4O2/c1-7-4-9(14)8(10(15)5-7)6-13(2,19)11(16)12(18)17-3/h4-5,11,19H,6,14-16H2,1-3H3,(H,17,18). The zero-order valence-electron chi connectivity index (χ0n) is 11.5. The Balaban J connectivity index is 3.05. The van der Waals surface area contributed by atoms with Crippen molar-refractivity contribution in [2.24, 2.45) is 5.73 Å². The van der Waals surface area contributed by atoms with Crippen molar-refractivity contribution in [1.82, 2.24) is 5.32 Å². The van der Waals surface area contributed by atoms with Gasteiger partial charge in [0.25, 0.3) is 0 Å². The summed E-state index contributed by atoms with van der Waals surface area (Å²) >= 11 is 0. The zero-order valence-corrected chi connectivity index (χ0v) is 11.5. The molecule has 2 atom stereocenters. The van der Waals surface area contributed by atoms with E-state index in [0.717, 1.165) is 5.56 Å². The van der Waals surface area contributed by atoms with E-state index in [2.05, 4.69) is 5.32 Å². The van der Waals surface area contributed by atoms with Gasteiger partial charge in [-0.15, -0.1) is 0 Å². The second kappa shape index (κ2) is 5.46. The fourth-order valence-electron chi connectivity index (χ4n) is 1.98. The van der Waals surface area contributed by atoms with Crippen molar-refractivity contribution in [2.45, 2.75) is 31.9 Å². The van der Waals surface area contributed by atoms with Crippen LogP contribution in [0.15, 0.2) is 12.1 Å². The summed E-state index contributed by atoms with van der Waals surface area (Å²) in [6, 6.07) is 2.48. The number of nitrogen functional groups attached to an aromatic ring is 2. The Labute approximate surface area is 113 Å². The Hall–Kier alpha value is -1.79. The molecule has 0 fully saturated rings. The van der Waals surface area contributed by atoms with Gasteiger partial charge in [0.1, 0.15) is 6.04 Å². The van der Waals surface area contributed by atoms with E-state index in [9.17, 15) is 9.90 Å². The quantitative estimate of drug-likeness (QED) is 0.471. The summed E-state index contributed by atoms with van der Waals surface area (Å²) in [5.74, 6) is -0.436. The van der Waals surface area contributed by atoms with E-state index in [1.807, 2.05) is 6.92 Å². The van der Waals surface area contributed by atoms with Gasteiger partial charge in [-0.05, 0) is 31.5 Å². The molecule has 1 aromatic carbocycles. The predicted octanol–water partition coefficient (Wildman–Crippen LogP) is -0.474. The first kappa shape index (κ1) is 15.3. The second-order valence-corrected chi connectivity index (χ2v) is 5.05. The number of amides is 1. The van der Waals surface area contributed by atoms with Crippen LogP contribution in [0.25, 0.3) is 0 Å². The molecule has 0 saturated heterocycles. The number of likely N-dealkylation sites (N-methyl/N-ethyl adjacent to an activating group) is 1. The summed E-state index contributed by atoms with van der Waals surface area (Å²) < 4.78 is 0. The number of nitrogens with one attached hydrogen (secondary N) is 1. The average Bonchev–Trinajstić information content (AvgIpc) is 2.31. The average molecular weight is 266 g/mol. The molecule has 0 aliphatic heterocycles. The topological polar surface area (TPSA) is 127 Å². The Morgan fingerprint density at radius 2 is 1.89 bits per heavy atom. The number of rotatable bonds is 4. The zero-order chi connectivity index (χ0) is 14.8. The van der Waals surface area contributed by atoms with E-state index >= 15 is 0 Å². The number of nitrogens with two attached hydrogens (primary N) is 3. The summed E-state index contributed by atoms with van der Waals surface area (Å²) in [4.78, 5) is 11.5. The third kappa shape index (κ3) is 3.36. The van der Waals surface area contributed by atoms with E-state index in [-0.39, 0.29) is 6.42 Å². The van der Waals surface area contributed by atoms with Crippen LogP contribution >= 0.6 is 0 Å². The Kier molecular flexibility index (Phi) is 4.39. The van der Waals surface area contributed by atoms with E-state index in [1.54, 1.807) is 12.1 Å². The molecular weight excluding hydrogens is 244 g/mol. The molecule has 6 heteroatoms. The first-order valence-corrected chi connectivity index (χ1v) is 6.03. The molecule has 0 aliphatic carbocycles. The summed E-state index contributed by atoms with van der Waals surface area (Å²) in [5, 5.41) is 12.8. The van der Waals surface area contributed by atoms with Gasteiger partial charge in [0, 0.05) is 30.4 Å². The van der Waals surface area contributed by atoms with Gasteiger partial charge < -0.3 is 27.6 Å². The van der Waals surface area contributed by atoms with Gasteiger partial charge in [0.05, 0.1) is 5.60 Å². The monoisotopic (exact) mass is 266 g/mol. The number of hydrogen-bond donors (Lipinski definition) is 5. The van der Waals surface area contributed by atoms with Crippen LogP contribution in [0.1, 0.15) is 18.1 Å². The van der Waals surface area contributed by atoms with Crippen LogP contribution < -0.4 is 22.5 Å². The van der Waals surface area contributed by atoms with E-state index in [0.29, 0.717) is 16.9 Å².